The lowest BCUT2D eigenvalue weighted by Crippen LogP contribution is -1.99. The van der Waals surface area contributed by atoms with Gasteiger partial charge in [-0.15, -0.1) is 0 Å². The average Bonchev–Trinajstić information content (AvgIpc) is 2.32. The van der Waals surface area contributed by atoms with Crippen molar-refractivity contribution < 1.29 is 14.6 Å². The molecule has 0 saturated carbocycles. The van der Waals surface area contributed by atoms with E-state index in [1.807, 2.05) is 0 Å². The lowest BCUT2D eigenvalue weighted by atomic mass is 10.1. The summed E-state index contributed by atoms with van der Waals surface area (Å²) in [7, 11) is 0. The third-order valence-corrected chi connectivity index (χ3v) is 2.81. The summed E-state index contributed by atoms with van der Waals surface area (Å²) in [6.07, 6.45) is 3.24. The average molecular weight is 308 g/mol. The number of nitrogens with zero attached hydrogens (tertiary/aromatic N) is 1. The molecule has 1 aromatic heterocycles. The lowest BCUT2D eigenvalue weighted by molar-refractivity contribution is -0.136. The summed E-state index contributed by atoms with van der Waals surface area (Å²) in [6, 6.07) is 8.73. The van der Waals surface area contributed by atoms with E-state index in [0.717, 1.165) is 4.47 Å². The Kier molecular flexibility index (Phi) is 3.94. The van der Waals surface area contributed by atoms with Crippen LogP contribution in [0.1, 0.15) is 5.56 Å². The highest BCUT2D eigenvalue weighted by Crippen LogP contribution is 2.28. The maximum Gasteiger partial charge on any atom is 0.307 e. The summed E-state index contributed by atoms with van der Waals surface area (Å²) in [5.41, 5.74) is 0.699. The molecule has 4 nitrogen and oxygen atoms in total. The molecule has 0 aliphatic rings. The zero-order valence-electron chi connectivity index (χ0n) is 9.34. The van der Waals surface area contributed by atoms with Gasteiger partial charge in [0, 0.05) is 18.5 Å². The number of benzene rings is 1. The van der Waals surface area contributed by atoms with Crippen molar-refractivity contribution in [3.05, 3.63) is 52.8 Å². The largest absolute Gasteiger partial charge is 0.481 e. The summed E-state index contributed by atoms with van der Waals surface area (Å²) in [4.78, 5) is 14.6. The Morgan fingerprint density at radius 2 is 2.22 bits per heavy atom. The number of ether oxygens (including phenoxy) is 1. The van der Waals surface area contributed by atoms with Gasteiger partial charge in [0.05, 0.1) is 10.9 Å². The number of aromatic nitrogens is 1. The van der Waals surface area contributed by atoms with Crippen molar-refractivity contribution in [2.24, 2.45) is 0 Å². The van der Waals surface area contributed by atoms with Gasteiger partial charge in [0.15, 0.2) is 0 Å². The van der Waals surface area contributed by atoms with Crippen LogP contribution in [0, 0.1) is 0 Å². The molecule has 2 rings (SSSR count). The summed E-state index contributed by atoms with van der Waals surface area (Å²) in [5.74, 6) is 0.371. The molecular weight excluding hydrogens is 298 g/mol. The number of rotatable bonds is 4. The minimum atomic E-state index is -0.864. The third-order valence-electron chi connectivity index (χ3n) is 2.22. The second-order valence-electron chi connectivity index (χ2n) is 3.63. The number of carboxylic acid groups (broad SMARTS) is 1. The minimum Gasteiger partial charge on any atom is -0.481 e. The Morgan fingerprint density at radius 3 is 2.94 bits per heavy atom. The Bertz CT molecular complexity index is 572. The fourth-order valence-electron chi connectivity index (χ4n) is 1.47. The number of hydrogen-bond acceptors (Lipinski definition) is 3. The number of halogens is 1. The molecule has 0 radical (unpaired) electrons. The molecular formula is C13H10BrNO3. The number of hydrogen-bond donors (Lipinski definition) is 1. The Morgan fingerprint density at radius 1 is 1.39 bits per heavy atom. The molecule has 0 fully saturated rings. The molecule has 1 N–H and O–H groups in total. The SMILES string of the molecule is O=C(O)Cc1cccc(Oc2ccncc2Br)c1. The molecule has 0 aliphatic carbocycles. The molecule has 0 atom stereocenters. The van der Waals surface area contributed by atoms with Gasteiger partial charge in [0.2, 0.25) is 0 Å². The van der Waals surface area contributed by atoms with E-state index in [1.54, 1.807) is 42.7 Å². The first kappa shape index (κ1) is 12.6. The van der Waals surface area contributed by atoms with E-state index in [4.69, 9.17) is 9.84 Å². The van der Waals surface area contributed by atoms with E-state index in [9.17, 15) is 4.79 Å². The maximum absolute atomic E-state index is 10.6. The van der Waals surface area contributed by atoms with Crippen LogP contribution in [-0.4, -0.2) is 16.1 Å². The second kappa shape index (κ2) is 5.64. The molecule has 0 saturated heterocycles. The van der Waals surface area contributed by atoms with E-state index in [0.29, 0.717) is 17.1 Å². The molecule has 5 heteroatoms. The smallest absolute Gasteiger partial charge is 0.307 e. The van der Waals surface area contributed by atoms with Crippen LogP contribution in [0.25, 0.3) is 0 Å². The highest BCUT2D eigenvalue weighted by atomic mass is 79.9. The Balaban J connectivity index is 2.19. The van der Waals surface area contributed by atoms with Crippen LogP contribution in [0.4, 0.5) is 0 Å². The molecule has 2 aromatic rings. The fourth-order valence-corrected chi connectivity index (χ4v) is 1.80. The second-order valence-corrected chi connectivity index (χ2v) is 4.48. The quantitative estimate of drug-likeness (QED) is 0.942. The van der Waals surface area contributed by atoms with E-state index in [-0.39, 0.29) is 6.42 Å². The molecule has 92 valence electrons. The number of pyridine rings is 1. The van der Waals surface area contributed by atoms with Gasteiger partial charge in [-0.25, -0.2) is 0 Å². The highest BCUT2D eigenvalue weighted by Gasteiger charge is 2.05. The Hall–Kier alpha value is -1.88. The first-order valence-corrected chi connectivity index (χ1v) is 6.02. The molecule has 0 bridgehead atoms. The van der Waals surface area contributed by atoms with Crippen LogP contribution in [0.5, 0.6) is 11.5 Å². The molecule has 0 spiro atoms. The van der Waals surface area contributed by atoms with Crippen LogP contribution >= 0.6 is 15.9 Å². The monoisotopic (exact) mass is 307 g/mol. The first-order chi connectivity index (χ1) is 8.65. The van der Waals surface area contributed by atoms with Gasteiger partial charge in [-0.1, -0.05) is 12.1 Å². The zero-order valence-corrected chi connectivity index (χ0v) is 10.9. The van der Waals surface area contributed by atoms with Gasteiger partial charge < -0.3 is 9.84 Å². The van der Waals surface area contributed by atoms with E-state index in [2.05, 4.69) is 20.9 Å². The van der Waals surface area contributed by atoms with Crippen LogP contribution in [0.2, 0.25) is 0 Å². The van der Waals surface area contributed by atoms with Gasteiger partial charge in [0.25, 0.3) is 0 Å². The van der Waals surface area contributed by atoms with Crippen LogP contribution in [-0.2, 0) is 11.2 Å². The van der Waals surface area contributed by atoms with Crippen molar-refractivity contribution in [2.45, 2.75) is 6.42 Å². The van der Waals surface area contributed by atoms with Gasteiger partial charge in [-0.3, -0.25) is 9.78 Å². The number of aliphatic carboxylic acids is 1. The van der Waals surface area contributed by atoms with Crippen molar-refractivity contribution in [3.8, 4) is 11.5 Å². The van der Waals surface area contributed by atoms with E-state index >= 15 is 0 Å². The van der Waals surface area contributed by atoms with E-state index < -0.39 is 5.97 Å². The molecule has 1 heterocycles. The zero-order chi connectivity index (χ0) is 13.0. The molecule has 0 unspecified atom stereocenters. The van der Waals surface area contributed by atoms with E-state index in [1.165, 1.54) is 0 Å². The molecule has 0 amide bonds. The molecule has 1 aromatic carbocycles. The topological polar surface area (TPSA) is 59.4 Å². The van der Waals surface area contributed by atoms with Crippen molar-refractivity contribution >= 4 is 21.9 Å². The van der Waals surface area contributed by atoms with Gasteiger partial charge in [-0.05, 0) is 33.6 Å². The normalized spacial score (nSPS) is 10.1. The highest BCUT2D eigenvalue weighted by molar-refractivity contribution is 9.10. The number of carbonyl (C=O) groups is 1. The van der Waals surface area contributed by atoms with Crippen molar-refractivity contribution in [3.63, 3.8) is 0 Å². The first-order valence-electron chi connectivity index (χ1n) is 5.23. The predicted octanol–water partition coefficient (Wildman–Crippen LogP) is 3.26. The summed E-state index contributed by atoms with van der Waals surface area (Å²) in [5, 5.41) is 8.74. The standard InChI is InChI=1S/C13H10BrNO3/c14-11-8-15-5-4-12(11)18-10-3-1-2-9(6-10)7-13(16)17/h1-6,8H,7H2,(H,16,17). The fraction of sp³-hybridized carbons (Fsp3) is 0.0769. The van der Waals surface area contributed by atoms with Crippen molar-refractivity contribution in [2.75, 3.05) is 0 Å². The van der Waals surface area contributed by atoms with Crippen molar-refractivity contribution in [1.82, 2.24) is 4.98 Å². The molecule has 0 aliphatic heterocycles. The summed E-state index contributed by atoms with van der Waals surface area (Å²) in [6.45, 7) is 0. The van der Waals surface area contributed by atoms with Gasteiger partial charge in [-0.2, -0.15) is 0 Å². The number of carboxylic acids is 1. The third kappa shape index (κ3) is 3.30. The maximum atomic E-state index is 10.6. The lowest BCUT2D eigenvalue weighted by Gasteiger charge is -2.08. The van der Waals surface area contributed by atoms with Crippen LogP contribution < -0.4 is 4.74 Å². The van der Waals surface area contributed by atoms with Crippen LogP contribution in [0.15, 0.2) is 47.2 Å². The van der Waals surface area contributed by atoms with Crippen LogP contribution in [0.3, 0.4) is 0 Å². The minimum absolute atomic E-state index is 0.0191. The molecule has 18 heavy (non-hydrogen) atoms. The summed E-state index contributed by atoms with van der Waals surface area (Å²) >= 11 is 3.33. The van der Waals surface area contributed by atoms with Gasteiger partial charge in [0.1, 0.15) is 11.5 Å². The summed E-state index contributed by atoms with van der Waals surface area (Å²) < 4.78 is 6.40. The predicted molar refractivity (Wildman–Crippen MR) is 69.8 cm³/mol. The Labute approximate surface area is 112 Å². The van der Waals surface area contributed by atoms with Crippen molar-refractivity contribution in [1.29, 1.82) is 0 Å². The van der Waals surface area contributed by atoms with Gasteiger partial charge >= 0.3 is 5.97 Å².